The van der Waals surface area contributed by atoms with E-state index in [-0.39, 0.29) is 10.6 Å². The number of carboxylic acids is 1. The maximum Gasteiger partial charge on any atom is 0.345 e. The molecule has 1 rings (SSSR count). The summed E-state index contributed by atoms with van der Waals surface area (Å²) in [5, 5.41) is 12.3. The number of aromatic carboxylic acids is 1. The predicted molar refractivity (Wildman–Crippen MR) is 36.7 cm³/mol. The van der Waals surface area contributed by atoms with Crippen LogP contribution in [0.5, 0.6) is 0 Å². The molecular weight excluding hydrogens is 154 g/mol. The standard InChI is InChI=1S/C5H3NO3S/c7-5(8)4-1-3(6-9)2-10-4/h1-2H,(H,7,8). The number of hydrogen-bond donors (Lipinski definition) is 1. The Balaban J connectivity index is 2.98. The molecule has 0 aliphatic carbocycles. The fourth-order valence-corrected chi connectivity index (χ4v) is 1.13. The van der Waals surface area contributed by atoms with E-state index in [2.05, 4.69) is 5.18 Å². The first kappa shape index (κ1) is 6.88. The first-order chi connectivity index (χ1) is 4.74. The van der Waals surface area contributed by atoms with Crippen LogP contribution in [0.3, 0.4) is 0 Å². The van der Waals surface area contributed by atoms with Crippen LogP contribution in [0.1, 0.15) is 9.67 Å². The third-order valence-corrected chi connectivity index (χ3v) is 1.81. The highest BCUT2D eigenvalue weighted by atomic mass is 32.1. The molecule has 52 valence electrons. The highest BCUT2D eigenvalue weighted by molar-refractivity contribution is 7.12. The Morgan fingerprint density at radius 3 is 2.70 bits per heavy atom. The first-order valence-electron chi connectivity index (χ1n) is 2.39. The van der Waals surface area contributed by atoms with Crippen LogP contribution in [0.4, 0.5) is 5.69 Å². The molecule has 0 amide bonds. The maximum atomic E-state index is 10.2. The Morgan fingerprint density at radius 1 is 1.70 bits per heavy atom. The number of rotatable bonds is 2. The van der Waals surface area contributed by atoms with Crippen molar-refractivity contribution in [1.82, 2.24) is 0 Å². The SMILES string of the molecule is O=Nc1csc(C(=O)O)c1. The minimum absolute atomic E-state index is 0.134. The monoisotopic (exact) mass is 157 g/mol. The van der Waals surface area contributed by atoms with Crippen molar-refractivity contribution >= 4 is 23.0 Å². The van der Waals surface area contributed by atoms with Crippen LogP contribution < -0.4 is 0 Å². The van der Waals surface area contributed by atoms with Crippen molar-refractivity contribution in [2.24, 2.45) is 5.18 Å². The molecule has 1 aromatic rings. The lowest BCUT2D eigenvalue weighted by atomic mass is 10.4. The van der Waals surface area contributed by atoms with Gasteiger partial charge in [-0.1, -0.05) is 0 Å². The normalized spacial score (nSPS) is 9.20. The van der Waals surface area contributed by atoms with Crippen molar-refractivity contribution in [3.05, 3.63) is 21.2 Å². The number of nitroso groups, excluding NO2 is 1. The quantitative estimate of drug-likeness (QED) is 0.666. The topological polar surface area (TPSA) is 66.7 Å². The van der Waals surface area contributed by atoms with Crippen LogP contribution in [0.15, 0.2) is 16.6 Å². The van der Waals surface area contributed by atoms with Crippen molar-refractivity contribution in [1.29, 1.82) is 0 Å². The molecule has 0 bridgehead atoms. The average Bonchev–Trinajstić information content (AvgIpc) is 2.34. The van der Waals surface area contributed by atoms with Crippen LogP contribution in [0, 0.1) is 4.91 Å². The van der Waals surface area contributed by atoms with E-state index in [0.29, 0.717) is 0 Å². The van der Waals surface area contributed by atoms with E-state index < -0.39 is 5.97 Å². The Hall–Kier alpha value is -1.23. The largest absolute Gasteiger partial charge is 0.477 e. The minimum atomic E-state index is -1.03. The summed E-state index contributed by atoms with van der Waals surface area (Å²) in [6.45, 7) is 0. The van der Waals surface area contributed by atoms with Gasteiger partial charge in [-0.25, -0.2) is 4.79 Å². The van der Waals surface area contributed by atoms with Gasteiger partial charge < -0.3 is 5.11 Å². The molecule has 1 aromatic heterocycles. The van der Waals surface area contributed by atoms with Crippen molar-refractivity contribution in [2.45, 2.75) is 0 Å². The number of carboxylic acid groups (broad SMARTS) is 1. The van der Waals surface area contributed by atoms with E-state index in [9.17, 15) is 9.70 Å². The van der Waals surface area contributed by atoms with E-state index >= 15 is 0 Å². The molecule has 0 unspecified atom stereocenters. The summed E-state index contributed by atoms with van der Waals surface area (Å²) in [6.07, 6.45) is 0. The first-order valence-corrected chi connectivity index (χ1v) is 3.27. The van der Waals surface area contributed by atoms with Gasteiger partial charge in [-0.05, 0) is 11.2 Å². The fourth-order valence-electron chi connectivity index (χ4n) is 0.486. The molecule has 0 radical (unpaired) electrons. The van der Waals surface area contributed by atoms with Gasteiger partial charge in [0.1, 0.15) is 10.6 Å². The van der Waals surface area contributed by atoms with Crippen molar-refractivity contribution in [3.8, 4) is 0 Å². The lowest BCUT2D eigenvalue weighted by Crippen LogP contribution is -1.89. The highest BCUT2D eigenvalue weighted by Gasteiger charge is 2.05. The molecule has 0 saturated carbocycles. The highest BCUT2D eigenvalue weighted by Crippen LogP contribution is 2.21. The second kappa shape index (κ2) is 2.57. The van der Waals surface area contributed by atoms with Gasteiger partial charge in [-0.3, -0.25) is 0 Å². The zero-order valence-electron chi connectivity index (χ0n) is 4.77. The van der Waals surface area contributed by atoms with Crippen LogP contribution in [-0.2, 0) is 0 Å². The van der Waals surface area contributed by atoms with Crippen molar-refractivity contribution in [2.75, 3.05) is 0 Å². The average molecular weight is 157 g/mol. The summed E-state index contributed by atoms with van der Waals surface area (Å²) in [5.41, 5.74) is 0.169. The van der Waals surface area contributed by atoms with Crippen molar-refractivity contribution < 1.29 is 9.90 Å². The molecule has 0 saturated heterocycles. The molecule has 4 nitrogen and oxygen atoms in total. The zero-order valence-corrected chi connectivity index (χ0v) is 5.59. The Morgan fingerprint density at radius 2 is 2.40 bits per heavy atom. The summed E-state index contributed by atoms with van der Waals surface area (Å²) >= 11 is 0.989. The summed E-state index contributed by atoms with van der Waals surface area (Å²) < 4.78 is 0. The van der Waals surface area contributed by atoms with Gasteiger partial charge in [0.25, 0.3) is 0 Å². The Kier molecular flexibility index (Phi) is 1.77. The van der Waals surface area contributed by atoms with E-state index in [1.54, 1.807) is 0 Å². The summed E-state index contributed by atoms with van der Waals surface area (Å²) in [4.78, 5) is 20.1. The van der Waals surface area contributed by atoms with Crippen LogP contribution in [-0.4, -0.2) is 11.1 Å². The number of thiophene rings is 1. The zero-order chi connectivity index (χ0) is 7.56. The van der Waals surface area contributed by atoms with Gasteiger partial charge in [0, 0.05) is 5.38 Å². The number of carbonyl (C=O) groups is 1. The van der Waals surface area contributed by atoms with Crippen LogP contribution in [0.2, 0.25) is 0 Å². The molecular formula is C5H3NO3S. The van der Waals surface area contributed by atoms with Crippen molar-refractivity contribution in [3.63, 3.8) is 0 Å². The second-order valence-corrected chi connectivity index (χ2v) is 2.48. The van der Waals surface area contributed by atoms with Crippen LogP contribution in [0.25, 0.3) is 0 Å². The number of hydrogen-bond acceptors (Lipinski definition) is 4. The Bertz CT molecular complexity index is 268. The van der Waals surface area contributed by atoms with E-state index in [4.69, 9.17) is 5.11 Å². The molecule has 0 spiro atoms. The second-order valence-electron chi connectivity index (χ2n) is 1.57. The smallest absolute Gasteiger partial charge is 0.345 e. The lowest BCUT2D eigenvalue weighted by molar-refractivity contribution is 0.0702. The lowest BCUT2D eigenvalue weighted by Gasteiger charge is -1.79. The predicted octanol–water partition coefficient (Wildman–Crippen LogP) is 1.84. The van der Waals surface area contributed by atoms with E-state index in [1.807, 2.05) is 0 Å². The molecule has 0 fully saturated rings. The molecule has 0 atom stereocenters. The van der Waals surface area contributed by atoms with Gasteiger partial charge in [-0.2, -0.15) is 0 Å². The molecule has 0 aliphatic rings. The molecule has 5 heteroatoms. The summed E-state index contributed by atoms with van der Waals surface area (Å²) in [6, 6.07) is 1.24. The third kappa shape index (κ3) is 1.19. The summed E-state index contributed by atoms with van der Waals surface area (Å²) in [5.74, 6) is -1.03. The van der Waals surface area contributed by atoms with Gasteiger partial charge in [-0.15, -0.1) is 16.2 Å². The third-order valence-electron chi connectivity index (χ3n) is 0.902. The minimum Gasteiger partial charge on any atom is -0.477 e. The molecule has 1 heterocycles. The van der Waals surface area contributed by atoms with Crippen LogP contribution >= 0.6 is 11.3 Å². The number of nitrogens with zero attached hydrogens (tertiary/aromatic N) is 1. The molecule has 1 N–H and O–H groups in total. The Labute approximate surface area is 60.1 Å². The van der Waals surface area contributed by atoms with Gasteiger partial charge >= 0.3 is 5.97 Å². The molecule has 0 aliphatic heterocycles. The van der Waals surface area contributed by atoms with Gasteiger partial charge in [0.05, 0.1) is 0 Å². The van der Waals surface area contributed by atoms with Gasteiger partial charge in [0.15, 0.2) is 0 Å². The maximum absolute atomic E-state index is 10.2. The molecule has 0 aromatic carbocycles. The summed E-state index contributed by atoms with van der Waals surface area (Å²) in [7, 11) is 0. The molecule has 10 heavy (non-hydrogen) atoms. The van der Waals surface area contributed by atoms with Gasteiger partial charge in [0.2, 0.25) is 0 Å². The van der Waals surface area contributed by atoms with E-state index in [0.717, 1.165) is 11.3 Å². The fraction of sp³-hybridized carbons (Fsp3) is 0. The van der Waals surface area contributed by atoms with E-state index in [1.165, 1.54) is 11.4 Å².